The third-order valence-electron chi connectivity index (χ3n) is 3.77. The Labute approximate surface area is 152 Å². The van der Waals surface area contributed by atoms with E-state index in [0.29, 0.717) is 6.04 Å². The molecule has 0 radical (unpaired) electrons. The van der Waals surface area contributed by atoms with Gasteiger partial charge in [-0.15, -0.1) is 24.0 Å². The first-order valence-corrected chi connectivity index (χ1v) is 7.54. The molecule has 1 aromatic rings. The molecule has 0 saturated carbocycles. The second-order valence-electron chi connectivity index (χ2n) is 6.00. The molecule has 0 aliphatic heterocycles. The summed E-state index contributed by atoms with van der Waals surface area (Å²) in [5.74, 6) is 1.74. The van der Waals surface area contributed by atoms with Gasteiger partial charge in [-0.1, -0.05) is 32.9 Å². The first-order valence-electron chi connectivity index (χ1n) is 7.54. The molecule has 0 saturated heterocycles. The first kappa shape index (κ1) is 21.0. The molecule has 0 aliphatic rings. The van der Waals surface area contributed by atoms with Crippen molar-refractivity contribution < 1.29 is 4.74 Å². The van der Waals surface area contributed by atoms with Crippen LogP contribution in [0.25, 0.3) is 0 Å². The summed E-state index contributed by atoms with van der Waals surface area (Å²) in [6, 6.07) is 8.64. The fourth-order valence-electron chi connectivity index (χ4n) is 1.98. The zero-order chi connectivity index (χ0) is 15.9. The molecule has 22 heavy (non-hydrogen) atoms. The molecule has 0 aliphatic carbocycles. The highest BCUT2D eigenvalue weighted by atomic mass is 127. The van der Waals surface area contributed by atoms with Crippen molar-refractivity contribution in [2.45, 2.75) is 45.6 Å². The van der Waals surface area contributed by atoms with Crippen molar-refractivity contribution in [2.24, 2.45) is 4.99 Å². The summed E-state index contributed by atoms with van der Waals surface area (Å²) in [6.45, 7) is 9.54. The zero-order valence-electron chi connectivity index (χ0n) is 14.6. The second-order valence-corrected chi connectivity index (χ2v) is 6.00. The van der Waals surface area contributed by atoms with Gasteiger partial charge in [0.2, 0.25) is 0 Å². The van der Waals surface area contributed by atoms with Crippen LogP contribution in [0.5, 0.6) is 5.75 Å². The van der Waals surface area contributed by atoms with E-state index in [4.69, 9.17) is 4.74 Å². The van der Waals surface area contributed by atoms with E-state index in [1.807, 2.05) is 12.1 Å². The summed E-state index contributed by atoms with van der Waals surface area (Å²) in [5.41, 5.74) is 1.23. The third-order valence-corrected chi connectivity index (χ3v) is 3.77. The number of guanidine groups is 1. The van der Waals surface area contributed by atoms with Crippen LogP contribution in [-0.2, 0) is 5.41 Å². The number of methoxy groups -OCH3 is 1. The van der Waals surface area contributed by atoms with Crippen LogP contribution < -0.4 is 15.4 Å². The predicted molar refractivity (Wildman–Crippen MR) is 106 cm³/mol. The molecule has 1 aromatic carbocycles. The Bertz CT molecular complexity index is 475. The molecule has 4 nitrogen and oxygen atoms in total. The average Bonchev–Trinajstić information content (AvgIpc) is 2.51. The van der Waals surface area contributed by atoms with Crippen LogP contribution in [0.3, 0.4) is 0 Å². The van der Waals surface area contributed by atoms with Crippen LogP contribution in [-0.4, -0.2) is 32.7 Å². The number of halogens is 1. The number of benzene rings is 1. The predicted octanol–water partition coefficient (Wildman–Crippen LogP) is 3.55. The minimum Gasteiger partial charge on any atom is -0.497 e. The molecule has 0 bridgehead atoms. The van der Waals surface area contributed by atoms with Crippen molar-refractivity contribution in [1.82, 2.24) is 10.6 Å². The van der Waals surface area contributed by atoms with E-state index >= 15 is 0 Å². The molecule has 2 N–H and O–H groups in total. The largest absolute Gasteiger partial charge is 0.497 e. The van der Waals surface area contributed by atoms with Gasteiger partial charge in [-0.05, 0) is 31.0 Å². The van der Waals surface area contributed by atoms with Crippen LogP contribution >= 0.6 is 24.0 Å². The normalized spacial score (nSPS) is 13.1. The van der Waals surface area contributed by atoms with E-state index in [0.717, 1.165) is 24.7 Å². The van der Waals surface area contributed by atoms with E-state index < -0.39 is 0 Å². The Balaban J connectivity index is 0.00000441. The summed E-state index contributed by atoms with van der Waals surface area (Å²) < 4.78 is 5.31. The van der Waals surface area contributed by atoms with Gasteiger partial charge in [-0.2, -0.15) is 0 Å². The lowest BCUT2D eigenvalue weighted by atomic mass is 9.84. The molecule has 126 valence electrons. The van der Waals surface area contributed by atoms with Crippen LogP contribution in [0.2, 0.25) is 0 Å². The van der Waals surface area contributed by atoms with Gasteiger partial charge in [0.25, 0.3) is 0 Å². The number of hydrogen-bond acceptors (Lipinski definition) is 2. The Kier molecular flexibility index (Phi) is 9.48. The van der Waals surface area contributed by atoms with Crippen LogP contribution in [0.4, 0.5) is 0 Å². The van der Waals surface area contributed by atoms with Crippen molar-refractivity contribution in [3.05, 3.63) is 29.8 Å². The van der Waals surface area contributed by atoms with Gasteiger partial charge in [0.1, 0.15) is 5.75 Å². The monoisotopic (exact) mass is 419 g/mol. The first-order chi connectivity index (χ1) is 9.92. The Morgan fingerprint density at radius 2 is 2.05 bits per heavy atom. The summed E-state index contributed by atoms with van der Waals surface area (Å²) in [4.78, 5) is 4.28. The highest BCUT2D eigenvalue weighted by Gasteiger charge is 2.21. The lowest BCUT2D eigenvalue weighted by molar-refractivity contribution is 0.411. The van der Waals surface area contributed by atoms with Crippen molar-refractivity contribution in [3.8, 4) is 5.75 Å². The Hall–Kier alpha value is -0.980. The molecule has 0 amide bonds. The van der Waals surface area contributed by atoms with Gasteiger partial charge in [0, 0.05) is 25.0 Å². The quantitative estimate of drug-likeness (QED) is 0.421. The third kappa shape index (κ3) is 6.42. The van der Waals surface area contributed by atoms with Gasteiger partial charge in [0.15, 0.2) is 5.96 Å². The molecule has 0 aromatic heterocycles. The number of aliphatic imine (C=N–C) groups is 1. The number of rotatable bonds is 6. The van der Waals surface area contributed by atoms with E-state index in [2.05, 4.69) is 55.5 Å². The molecular formula is C17H30IN3O. The van der Waals surface area contributed by atoms with Crippen LogP contribution in [0, 0.1) is 0 Å². The van der Waals surface area contributed by atoms with E-state index in [1.54, 1.807) is 14.2 Å². The minimum absolute atomic E-state index is 0. The number of nitrogens with zero attached hydrogens (tertiary/aromatic N) is 1. The van der Waals surface area contributed by atoms with E-state index in [9.17, 15) is 0 Å². The lowest BCUT2D eigenvalue weighted by Gasteiger charge is -2.27. The molecule has 1 unspecified atom stereocenters. The van der Waals surface area contributed by atoms with E-state index in [-0.39, 0.29) is 29.4 Å². The van der Waals surface area contributed by atoms with Gasteiger partial charge in [-0.3, -0.25) is 4.99 Å². The smallest absolute Gasteiger partial charge is 0.191 e. The SMILES string of the molecule is CCC(C)NC(=NC)NCC(C)(C)c1cccc(OC)c1.I. The molecule has 0 spiro atoms. The fraction of sp³-hybridized carbons (Fsp3) is 0.588. The molecular weight excluding hydrogens is 389 g/mol. The maximum Gasteiger partial charge on any atom is 0.191 e. The van der Waals surface area contributed by atoms with Crippen molar-refractivity contribution in [1.29, 1.82) is 0 Å². The molecule has 1 rings (SSSR count). The Morgan fingerprint density at radius 1 is 1.36 bits per heavy atom. The van der Waals surface area contributed by atoms with Gasteiger partial charge >= 0.3 is 0 Å². The molecule has 0 fully saturated rings. The van der Waals surface area contributed by atoms with Crippen molar-refractivity contribution in [2.75, 3.05) is 20.7 Å². The van der Waals surface area contributed by atoms with Crippen LogP contribution in [0.15, 0.2) is 29.3 Å². The number of nitrogens with one attached hydrogen (secondary N) is 2. The zero-order valence-corrected chi connectivity index (χ0v) is 16.9. The molecule has 1 atom stereocenters. The van der Waals surface area contributed by atoms with Gasteiger partial charge < -0.3 is 15.4 Å². The molecule has 5 heteroatoms. The highest BCUT2D eigenvalue weighted by molar-refractivity contribution is 14.0. The highest BCUT2D eigenvalue weighted by Crippen LogP contribution is 2.25. The topological polar surface area (TPSA) is 45.7 Å². The summed E-state index contributed by atoms with van der Waals surface area (Å²) >= 11 is 0. The number of hydrogen-bond donors (Lipinski definition) is 2. The lowest BCUT2D eigenvalue weighted by Crippen LogP contribution is -2.46. The average molecular weight is 419 g/mol. The van der Waals surface area contributed by atoms with Crippen molar-refractivity contribution in [3.63, 3.8) is 0 Å². The minimum atomic E-state index is -0.0123. The Morgan fingerprint density at radius 3 is 2.59 bits per heavy atom. The van der Waals surface area contributed by atoms with Crippen molar-refractivity contribution >= 4 is 29.9 Å². The van der Waals surface area contributed by atoms with E-state index in [1.165, 1.54) is 5.56 Å². The number of ether oxygens (including phenoxy) is 1. The fourth-order valence-corrected chi connectivity index (χ4v) is 1.98. The maximum atomic E-state index is 5.31. The summed E-state index contributed by atoms with van der Waals surface area (Å²) in [6.07, 6.45) is 1.07. The van der Waals surface area contributed by atoms with Crippen LogP contribution in [0.1, 0.15) is 39.7 Å². The molecule has 0 heterocycles. The summed E-state index contributed by atoms with van der Waals surface area (Å²) in [5, 5.41) is 6.79. The summed E-state index contributed by atoms with van der Waals surface area (Å²) in [7, 11) is 3.50. The maximum absolute atomic E-state index is 5.31. The van der Waals surface area contributed by atoms with Gasteiger partial charge in [0.05, 0.1) is 7.11 Å². The standard InChI is InChI=1S/C17H29N3O.HI/c1-7-13(2)20-16(18-5)19-12-17(3,4)14-9-8-10-15(11-14)21-6;/h8-11,13H,7,12H2,1-6H3,(H2,18,19,20);1H. The second kappa shape index (κ2) is 9.92. The van der Waals surface area contributed by atoms with Gasteiger partial charge in [-0.25, -0.2) is 0 Å².